The van der Waals surface area contributed by atoms with Gasteiger partial charge in [0, 0.05) is 13.1 Å². The Bertz CT molecular complexity index is 576. The molecule has 1 rings (SSSR count). The Morgan fingerprint density at radius 3 is 2.67 bits per heavy atom. The van der Waals surface area contributed by atoms with E-state index < -0.39 is 26.6 Å². The van der Waals surface area contributed by atoms with Crippen molar-refractivity contribution < 1.29 is 22.3 Å². The number of primary sulfonamides is 1. The van der Waals surface area contributed by atoms with Crippen LogP contribution in [0.25, 0.3) is 0 Å². The summed E-state index contributed by atoms with van der Waals surface area (Å²) in [6.45, 7) is -0.316. The molecule has 0 aliphatic carbocycles. The second kappa shape index (κ2) is 5.63. The highest BCUT2D eigenvalue weighted by Crippen LogP contribution is 2.29. The molecule has 0 unspecified atom stereocenters. The fourth-order valence-electron chi connectivity index (χ4n) is 1.05. The number of ether oxygens (including phenoxy) is 1. The van der Waals surface area contributed by atoms with Gasteiger partial charge in [0.1, 0.15) is 16.5 Å². The van der Waals surface area contributed by atoms with Crippen molar-refractivity contribution in [3.8, 4) is 5.75 Å². The van der Waals surface area contributed by atoms with Crippen LogP contribution in [0.3, 0.4) is 0 Å². The number of halogens is 2. The summed E-state index contributed by atoms with van der Waals surface area (Å²) in [6.07, 6.45) is 0. The van der Waals surface area contributed by atoms with Crippen molar-refractivity contribution in [1.29, 1.82) is 0 Å². The van der Waals surface area contributed by atoms with Crippen LogP contribution in [0.2, 0.25) is 0 Å². The second-order valence-corrected chi connectivity index (χ2v) is 5.60. The van der Waals surface area contributed by atoms with Gasteiger partial charge in [0.25, 0.3) is 5.91 Å². The normalized spacial score (nSPS) is 11.1. The first-order valence-corrected chi connectivity index (χ1v) is 6.95. The average Bonchev–Trinajstić information content (AvgIpc) is 2.27. The van der Waals surface area contributed by atoms with Crippen molar-refractivity contribution in [3.63, 3.8) is 0 Å². The fourth-order valence-corrected chi connectivity index (χ4v) is 2.28. The van der Waals surface area contributed by atoms with Gasteiger partial charge in [-0.3, -0.25) is 4.79 Å². The van der Waals surface area contributed by atoms with Crippen LogP contribution in [0.15, 0.2) is 21.5 Å². The zero-order valence-corrected chi connectivity index (χ0v) is 11.6. The molecule has 0 atom stereocenters. The molecule has 0 aromatic heterocycles. The second-order valence-electron chi connectivity index (χ2n) is 3.22. The minimum absolute atomic E-state index is 0.00324. The number of sulfonamides is 1. The smallest absolute Gasteiger partial charge is 0.257 e. The number of amides is 1. The number of carbonyl (C=O) groups is 1. The highest BCUT2D eigenvalue weighted by atomic mass is 79.9. The van der Waals surface area contributed by atoms with Gasteiger partial charge in [-0.25, -0.2) is 17.9 Å². The summed E-state index contributed by atoms with van der Waals surface area (Å²) in [5, 5.41) is 7.14. The van der Waals surface area contributed by atoms with Gasteiger partial charge in [-0.05, 0) is 22.0 Å². The van der Waals surface area contributed by atoms with Crippen molar-refractivity contribution >= 4 is 31.9 Å². The van der Waals surface area contributed by atoms with Crippen LogP contribution in [0.5, 0.6) is 5.75 Å². The van der Waals surface area contributed by atoms with E-state index in [9.17, 15) is 17.6 Å². The number of likely N-dealkylation sites (N-methyl/N-ethyl adjacent to an activating group) is 1. The molecular weight excluding hydrogens is 331 g/mol. The monoisotopic (exact) mass is 340 g/mol. The first-order chi connectivity index (χ1) is 8.25. The van der Waals surface area contributed by atoms with Crippen LogP contribution in [-0.4, -0.2) is 28.0 Å². The Labute approximate surface area is 111 Å². The standard InChI is InChI=1S/C9H10BrFN2O4S/c1-13-9(14)4-17-7-3-6(11)8(2-5(7)10)18(12,15)16/h2-3H,4H2,1H3,(H,13,14)(H2,12,15,16). The third kappa shape index (κ3) is 3.65. The molecule has 0 heterocycles. The topological polar surface area (TPSA) is 98.5 Å². The molecule has 0 aliphatic heterocycles. The van der Waals surface area contributed by atoms with Crippen LogP contribution in [0, 0.1) is 5.82 Å². The van der Waals surface area contributed by atoms with E-state index in [2.05, 4.69) is 21.2 Å². The number of carbonyl (C=O) groups excluding carboxylic acids is 1. The number of nitrogens with two attached hydrogens (primary N) is 1. The van der Waals surface area contributed by atoms with E-state index in [4.69, 9.17) is 9.88 Å². The maximum Gasteiger partial charge on any atom is 0.257 e. The van der Waals surface area contributed by atoms with E-state index in [-0.39, 0.29) is 16.8 Å². The fraction of sp³-hybridized carbons (Fsp3) is 0.222. The van der Waals surface area contributed by atoms with E-state index in [1.807, 2.05) is 0 Å². The van der Waals surface area contributed by atoms with Crippen molar-refractivity contribution in [1.82, 2.24) is 5.32 Å². The highest BCUT2D eigenvalue weighted by Gasteiger charge is 2.18. The molecule has 0 saturated heterocycles. The molecule has 3 N–H and O–H groups in total. The molecule has 0 fully saturated rings. The highest BCUT2D eigenvalue weighted by molar-refractivity contribution is 9.10. The molecule has 1 aromatic rings. The third-order valence-corrected chi connectivity index (χ3v) is 3.48. The summed E-state index contributed by atoms with van der Waals surface area (Å²) in [5.74, 6) is -1.45. The maximum atomic E-state index is 13.5. The lowest BCUT2D eigenvalue weighted by Crippen LogP contribution is -2.25. The predicted molar refractivity (Wildman–Crippen MR) is 65.0 cm³/mol. The van der Waals surface area contributed by atoms with Crippen molar-refractivity contribution in [2.45, 2.75) is 4.90 Å². The van der Waals surface area contributed by atoms with Crippen LogP contribution in [0.1, 0.15) is 0 Å². The summed E-state index contributed by atoms with van der Waals surface area (Å²) in [6, 6.07) is 1.82. The molecule has 0 aliphatic rings. The molecule has 1 amide bonds. The number of hydrogen-bond donors (Lipinski definition) is 2. The molecule has 9 heteroatoms. The molecule has 0 bridgehead atoms. The minimum Gasteiger partial charge on any atom is -0.482 e. The average molecular weight is 341 g/mol. The summed E-state index contributed by atoms with van der Waals surface area (Å²) in [5.41, 5.74) is 0. The zero-order valence-electron chi connectivity index (χ0n) is 9.24. The predicted octanol–water partition coefficient (Wildman–Crippen LogP) is 0.360. The van der Waals surface area contributed by atoms with Crippen LogP contribution in [0.4, 0.5) is 4.39 Å². The van der Waals surface area contributed by atoms with Gasteiger partial charge in [0.15, 0.2) is 6.61 Å². The largest absolute Gasteiger partial charge is 0.482 e. The van der Waals surface area contributed by atoms with Crippen molar-refractivity contribution in [2.75, 3.05) is 13.7 Å². The summed E-state index contributed by atoms with van der Waals surface area (Å²) < 4.78 is 40.7. The Morgan fingerprint density at radius 2 is 2.17 bits per heavy atom. The lowest BCUT2D eigenvalue weighted by atomic mass is 10.3. The van der Waals surface area contributed by atoms with Gasteiger partial charge < -0.3 is 10.1 Å². The Morgan fingerprint density at radius 1 is 1.56 bits per heavy atom. The van der Waals surface area contributed by atoms with Crippen molar-refractivity contribution in [3.05, 3.63) is 22.4 Å². The molecule has 0 spiro atoms. The molecule has 1 aromatic carbocycles. The summed E-state index contributed by atoms with van der Waals surface area (Å²) in [7, 11) is -2.73. The zero-order chi connectivity index (χ0) is 13.9. The number of hydrogen-bond acceptors (Lipinski definition) is 4. The lowest BCUT2D eigenvalue weighted by molar-refractivity contribution is -0.122. The maximum absolute atomic E-state index is 13.5. The van der Waals surface area contributed by atoms with Crippen LogP contribution in [-0.2, 0) is 14.8 Å². The lowest BCUT2D eigenvalue weighted by Gasteiger charge is -2.09. The molecule has 0 radical (unpaired) electrons. The van der Waals surface area contributed by atoms with Gasteiger partial charge in [-0.2, -0.15) is 0 Å². The first kappa shape index (κ1) is 14.9. The van der Waals surface area contributed by atoms with Gasteiger partial charge in [0.2, 0.25) is 10.0 Å². The van der Waals surface area contributed by atoms with Gasteiger partial charge in [0.05, 0.1) is 4.47 Å². The van der Waals surface area contributed by atoms with E-state index >= 15 is 0 Å². The van der Waals surface area contributed by atoms with Gasteiger partial charge in [-0.1, -0.05) is 0 Å². The Kier molecular flexibility index (Phi) is 4.65. The Hall–Kier alpha value is -1.19. The van der Waals surface area contributed by atoms with E-state index in [1.165, 1.54) is 7.05 Å². The molecule has 18 heavy (non-hydrogen) atoms. The summed E-state index contributed by atoms with van der Waals surface area (Å²) in [4.78, 5) is 10.3. The number of benzene rings is 1. The molecular formula is C9H10BrFN2O4S. The molecule has 100 valence electrons. The SMILES string of the molecule is CNC(=O)COc1cc(F)c(S(N)(=O)=O)cc1Br. The number of nitrogens with one attached hydrogen (secondary N) is 1. The van der Waals surface area contributed by atoms with E-state index in [0.29, 0.717) is 0 Å². The summed E-state index contributed by atoms with van der Waals surface area (Å²) >= 11 is 3.00. The van der Waals surface area contributed by atoms with Crippen LogP contribution >= 0.6 is 15.9 Å². The first-order valence-electron chi connectivity index (χ1n) is 4.61. The quantitative estimate of drug-likeness (QED) is 0.826. The minimum atomic E-state index is -4.15. The van der Waals surface area contributed by atoms with Crippen molar-refractivity contribution in [2.24, 2.45) is 5.14 Å². The van der Waals surface area contributed by atoms with Gasteiger partial charge >= 0.3 is 0 Å². The number of rotatable bonds is 4. The third-order valence-electron chi connectivity index (χ3n) is 1.93. The molecule has 6 nitrogen and oxygen atoms in total. The van der Waals surface area contributed by atoms with Crippen LogP contribution < -0.4 is 15.2 Å². The Balaban J connectivity index is 3.05. The van der Waals surface area contributed by atoms with E-state index in [1.54, 1.807) is 0 Å². The van der Waals surface area contributed by atoms with Gasteiger partial charge in [-0.15, -0.1) is 0 Å². The van der Waals surface area contributed by atoms with E-state index in [0.717, 1.165) is 12.1 Å². The molecule has 0 saturated carbocycles.